The molecule has 76 valence electrons. The fraction of sp³-hybridized carbons (Fsp3) is 0.455. The maximum absolute atomic E-state index is 6.13. The van der Waals surface area contributed by atoms with Crippen molar-refractivity contribution in [3.8, 4) is 0 Å². The first-order chi connectivity index (χ1) is 6.68. The molecule has 1 aliphatic rings. The Morgan fingerprint density at radius 1 is 1.29 bits per heavy atom. The highest BCUT2D eigenvalue weighted by Gasteiger charge is 2.26. The zero-order valence-corrected chi connectivity index (χ0v) is 9.35. The van der Waals surface area contributed by atoms with Crippen molar-refractivity contribution in [1.29, 1.82) is 0 Å². The van der Waals surface area contributed by atoms with Crippen molar-refractivity contribution in [2.45, 2.75) is 25.3 Å². The molecule has 0 heterocycles. The van der Waals surface area contributed by atoms with E-state index < -0.39 is 0 Å². The van der Waals surface area contributed by atoms with Gasteiger partial charge in [-0.05, 0) is 42.5 Å². The van der Waals surface area contributed by atoms with Crippen LogP contribution in [0.5, 0.6) is 0 Å². The van der Waals surface area contributed by atoms with Crippen molar-refractivity contribution in [2.75, 3.05) is 0 Å². The summed E-state index contributed by atoms with van der Waals surface area (Å²) in [5.41, 5.74) is 7.12. The Kier molecular flexibility index (Phi) is 3.01. The minimum absolute atomic E-state index is 0.0509. The molecule has 14 heavy (non-hydrogen) atoms. The SMILES string of the molecule is N[C@@H](c1cc(Cl)ccc1Cl)C1CCC1. The van der Waals surface area contributed by atoms with Crippen LogP contribution in [0.4, 0.5) is 0 Å². The van der Waals surface area contributed by atoms with Crippen molar-refractivity contribution in [2.24, 2.45) is 11.7 Å². The van der Waals surface area contributed by atoms with Gasteiger partial charge in [-0.3, -0.25) is 0 Å². The number of benzene rings is 1. The topological polar surface area (TPSA) is 26.0 Å². The second-order valence-electron chi connectivity index (χ2n) is 3.88. The molecule has 1 aromatic rings. The molecule has 1 aliphatic carbocycles. The second-order valence-corrected chi connectivity index (χ2v) is 4.73. The normalized spacial score (nSPS) is 19.1. The minimum Gasteiger partial charge on any atom is -0.324 e. The summed E-state index contributed by atoms with van der Waals surface area (Å²) in [7, 11) is 0. The van der Waals surface area contributed by atoms with Crippen molar-refractivity contribution in [1.82, 2.24) is 0 Å². The van der Waals surface area contributed by atoms with Crippen molar-refractivity contribution in [3.05, 3.63) is 33.8 Å². The van der Waals surface area contributed by atoms with E-state index in [0.29, 0.717) is 10.9 Å². The van der Waals surface area contributed by atoms with Gasteiger partial charge in [0, 0.05) is 16.1 Å². The molecular weight excluding hydrogens is 217 g/mol. The summed E-state index contributed by atoms with van der Waals surface area (Å²) in [5.74, 6) is 0.589. The third-order valence-electron chi connectivity index (χ3n) is 2.97. The van der Waals surface area contributed by atoms with E-state index in [1.54, 1.807) is 6.07 Å². The van der Waals surface area contributed by atoms with Gasteiger partial charge in [0.25, 0.3) is 0 Å². The molecule has 1 saturated carbocycles. The van der Waals surface area contributed by atoms with Gasteiger partial charge >= 0.3 is 0 Å². The van der Waals surface area contributed by atoms with Gasteiger partial charge in [-0.2, -0.15) is 0 Å². The maximum atomic E-state index is 6.13. The highest BCUT2D eigenvalue weighted by atomic mass is 35.5. The van der Waals surface area contributed by atoms with Gasteiger partial charge in [0.15, 0.2) is 0 Å². The van der Waals surface area contributed by atoms with E-state index in [9.17, 15) is 0 Å². The zero-order valence-electron chi connectivity index (χ0n) is 7.84. The number of halogens is 2. The van der Waals surface area contributed by atoms with Gasteiger partial charge in [0.1, 0.15) is 0 Å². The van der Waals surface area contributed by atoms with E-state index >= 15 is 0 Å². The smallest absolute Gasteiger partial charge is 0.0454 e. The van der Waals surface area contributed by atoms with Crippen LogP contribution >= 0.6 is 23.2 Å². The first-order valence-electron chi connectivity index (χ1n) is 4.89. The lowest BCUT2D eigenvalue weighted by atomic mass is 9.77. The monoisotopic (exact) mass is 229 g/mol. The van der Waals surface area contributed by atoms with Crippen LogP contribution in [-0.2, 0) is 0 Å². The van der Waals surface area contributed by atoms with Gasteiger partial charge in [0.05, 0.1) is 0 Å². The summed E-state index contributed by atoms with van der Waals surface area (Å²) in [4.78, 5) is 0. The van der Waals surface area contributed by atoms with Crippen LogP contribution in [0.3, 0.4) is 0 Å². The van der Waals surface area contributed by atoms with Crippen molar-refractivity contribution >= 4 is 23.2 Å². The van der Waals surface area contributed by atoms with E-state index in [2.05, 4.69) is 0 Å². The van der Waals surface area contributed by atoms with Gasteiger partial charge in [-0.25, -0.2) is 0 Å². The summed E-state index contributed by atoms with van der Waals surface area (Å²) >= 11 is 12.0. The van der Waals surface area contributed by atoms with Crippen LogP contribution < -0.4 is 5.73 Å². The molecule has 0 saturated heterocycles. The molecule has 1 fully saturated rings. The molecule has 2 N–H and O–H groups in total. The summed E-state index contributed by atoms with van der Waals surface area (Å²) in [6.07, 6.45) is 3.71. The molecule has 0 spiro atoms. The van der Waals surface area contributed by atoms with E-state index in [4.69, 9.17) is 28.9 Å². The largest absolute Gasteiger partial charge is 0.324 e. The molecule has 0 bridgehead atoms. The highest BCUT2D eigenvalue weighted by Crippen LogP contribution is 2.38. The van der Waals surface area contributed by atoms with E-state index in [-0.39, 0.29) is 6.04 Å². The number of hydrogen-bond donors (Lipinski definition) is 1. The average Bonchev–Trinajstić information content (AvgIpc) is 2.06. The Hall–Kier alpha value is -0.240. The molecule has 0 aliphatic heterocycles. The van der Waals surface area contributed by atoms with Crippen LogP contribution in [0.25, 0.3) is 0 Å². The summed E-state index contributed by atoms with van der Waals surface area (Å²) in [5, 5.41) is 1.44. The van der Waals surface area contributed by atoms with Crippen LogP contribution in [0.15, 0.2) is 18.2 Å². The Morgan fingerprint density at radius 3 is 2.57 bits per heavy atom. The standard InChI is InChI=1S/C11H13Cl2N/c12-8-4-5-10(13)9(6-8)11(14)7-2-1-3-7/h4-7,11H,1-3,14H2/t11-/m1/s1. The lowest BCUT2D eigenvalue weighted by molar-refractivity contribution is 0.264. The van der Waals surface area contributed by atoms with E-state index in [1.807, 2.05) is 12.1 Å². The lowest BCUT2D eigenvalue weighted by Gasteiger charge is -2.31. The van der Waals surface area contributed by atoms with Crippen molar-refractivity contribution in [3.63, 3.8) is 0 Å². The van der Waals surface area contributed by atoms with Crippen LogP contribution in [0, 0.1) is 5.92 Å². The van der Waals surface area contributed by atoms with Crippen LogP contribution in [-0.4, -0.2) is 0 Å². The Balaban J connectivity index is 2.24. The predicted molar refractivity (Wildman–Crippen MR) is 60.7 cm³/mol. The van der Waals surface area contributed by atoms with Gasteiger partial charge < -0.3 is 5.73 Å². The number of hydrogen-bond acceptors (Lipinski definition) is 1. The Labute approximate surface area is 94.2 Å². The van der Waals surface area contributed by atoms with E-state index in [0.717, 1.165) is 10.6 Å². The molecule has 0 unspecified atom stereocenters. The molecule has 1 nitrogen and oxygen atoms in total. The third kappa shape index (κ3) is 1.90. The molecule has 0 radical (unpaired) electrons. The zero-order chi connectivity index (χ0) is 10.1. The Bertz CT molecular complexity index is 334. The van der Waals surface area contributed by atoms with Crippen molar-refractivity contribution < 1.29 is 0 Å². The second kappa shape index (κ2) is 4.09. The fourth-order valence-electron chi connectivity index (χ4n) is 1.82. The van der Waals surface area contributed by atoms with Gasteiger partial charge in [-0.1, -0.05) is 29.6 Å². The molecule has 0 amide bonds. The first kappa shape index (κ1) is 10.3. The van der Waals surface area contributed by atoms with E-state index in [1.165, 1.54) is 19.3 Å². The van der Waals surface area contributed by atoms with Crippen LogP contribution in [0.1, 0.15) is 30.9 Å². The maximum Gasteiger partial charge on any atom is 0.0454 e. The van der Waals surface area contributed by atoms with Crippen LogP contribution in [0.2, 0.25) is 10.0 Å². The molecule has 0 aromatic heterocycles. The van der Waals surface area contributed by atoms with Gasteiger partial charge in [-0.15, -0.1) is 0 Å². The first-order valence-corrected chi connectivity index (χ1v) is 5.64. The predicted octanol–water partition coefficient (Wildman–Crippen LogP) is 3.79. The fourth-order valence-corrected chi connectivity index (χ4v) is 2.25. The summed E-state index contributed by atoms with van der Waals surface area (Å²) in [6.45, 7) is 0. The molecule has 1 aromatic carbocycles. The molecular formula is C11H13Cl2N. The highest BCUT2D eigenvalue weighted by molar-refractivity contribution is 6.33. The number of rotatable bonds is 2. The number of nitrogens with two attached hydrogens (primary N) is 1. The molecule has 1 atom stereocenters. The average molecular weight is 230 g/mol. The summed E-state index contributed by atoms with van der Waals surface area (Å²) in [6, 6.07) is 5.54. The summed E-state index contributed by atoms with van der Waals surface area (Å²) < 4.78 is 0. The third-order valence-corrected chi connectivity index (χ3v) is 3.55. The van der Waals surface area contributed by atoms with Gasteiger partial charge in [0.2, 0.25) is 0 Å². The molecule has 3 heteroatoms. The Morgan fingerprint density at radius 2 is 2.00 bits per heavy atom. The molecule has 2 rings (SSSR count). The lowest BCUT2D eigenvalue weighted by Crippen LogP contribution is -2.27. The quantitative estimate of drug-likeness (QED) is 0.821. The minimum atomic E-state index is 0.0509.